The molecule has 0 fully saturated rings. The first-order valence-electron chi connectivity index (χ1n) is 10.5. The first kappa shape index (κ1) is 18.4. The van der Waals surface area contributed by atoms with E-state index < -0.39 is 25.1 Å². The van der Waals surface area contributed by atoms with Gasteiger partial charge in [0.15, 0.2) is 0 Å². The maximum Gasteiger partial charge on any atom is 0.410 e. The van der Waals surface area contributed by atoms with Crippen LogP contribution in [0.5, 0.6) is 0 Å². The molecule has 0 radical (unpaired) electrons. The molecule has 5 heteroatoms. The number of nitrogens with zero attached hydrogens (tertiary/aromatic N) is 1. The first-order valence-corrected chi connectivity index (χ1v) is 9.77. The van der Waals surface area contributed by atoms with Gasteiger partial charge in [0.25, 0.3) is 0 Å². The molecule has 0 bridgehead atoms. The van der Waals surface area contributed by atoms with Crippen LogP contribution >= 0.6 is 0 Å². The van der Waals surface area contributed by atoms with E-state index in [0.717, 1.165) is 32.7 Å². The molecule has 3 aromatic rings. The Morgan fingerprint density at radius 1 is 0.967 bits per heavy atom. The Labute approximate surface area is 176 Å². The molecule has 0 heterocycles. The van der Waals surface area contributed by atoms with E-state index in [-0.39, 0.29) is 18.9 Å². The number of carboxylic acids is 1. The molecule has 152 valence electrons. The molecule has 0 saturated heterocycles. The van der Waals surface area contributed by atoms with Crippen LogP contribution in [0.4, 0.5) is 4.79 Å². The van der Waals surface area contributed by atoms with Crippen molar-refractivity contribution in [2.45, 2.75) is 18.4 Å². The quantitative estimate of drug-likeness (QED) is 0.656. The van der Waals surface area contributed by atoms with Gasteiger partial charge in [0, 0.05) is 20.7 Å². The van der Waals surface area contributed by atoms with E-state index in [1.54, 1.807) is 12.1 Å². The average Bonchev–Trinajstić information content (AvgIpc) is 3.12. The molecule has 1 N–H and O–H groups in total. The highest BCUT2D eigenvalue weighted by Gasteiger charge is 2.31. The Kier molecular flexibility index (Phi) is 5.17. The highest BCUT2D eigenvalue weighted by molar-refractivity contribution is 5.81. The van der Waals surface area contributed by atoms with E-state index in [2.05, 4.69) is 0 Å². The molecule has 1 atom stereocenters. The van der Waals surface area contributed by atoms with Crippen molar-refractivity contribution >= 4 is 12.1 Å². The summed E-state index contributed by atoms with van der Waals surface area (Å²) >= 11 is 0. The Hall–Kier alpha value is -3.60. The van der Waals surface area contributed by atoms with E-state index in [1.807, 2.05) is 66.7 Å². The van der Waals surface area contributed by atoms with Crippen molar-refractivity contribution in [1.82, 2.24) is 4.90 Å². The van der Waals surface area contributed by atoms with Crippen LogP contribution in [0.1, 0.15) is 24.0 Å². The number of hydrogen-bond donors (Lipinski definition) is 1. The first-order chi connectivity index (χ1) is 15.1. The van der Waals surface area contributed by atoms with E-state index in [0.29, 0.717) is 0 Å². The molecule has 0 spiro atoms. The topological polar surface area (TPSA) is 66.8 Å². The standard InChI is InChI=1S/C25H23NO4/c1-26(23(24(27)28)15-17-9-3-2-4-10-17)25(29)30-16-22-20-13-7-5-11-18(20)19-12-6-8-14-21(19)22/h2-14,22-23H,15-16H2,1H3,(H,27,28)/t23-/m0/s1/i1D. The van der Waals surface area contributed by atoms with Gasteiger partial charge in [0.05, 0.1) is 0 Å². The molecule has 5 nitrogen and oxygen atoms in total. The lowest BCUT2D eigenvalue weighted by Gasteiger charge is -2.25. The zero-order valence-corrected chi connectivity index (χ0v) is 16.4. The minimum Gasteiger partial charge on any atom is -0.480 e. The molecular formula is C25H23NO4. The van der Waals surface area contributed by atoms with Crippen LogP contribution in [0.3, 0.4) is 0 Å². The highest BCUT2D eigenvalue weighted by Crippen LogP contribution is 2.44. The van der Waals surface area contributed by atoms with E-state index in [4.69, 9.17) is 6.11 Å². The predicted molar refractivity (Wildman–Crippen MR) is 114 cm³/mol. The third kappa shape index (κ3) is 3.79. The molecule has 30 heavy (non-hydrogen) atoms. The minimum absolute atomic E-state index is 0.0844. The summed E-state index contributed by atoms with van der Waals surface area (Å²) in [6.07, 6.45) is -0.681. The number of hydrogen-bond acceptors (Lipinski definition) is 3. The number of carbonyl (C=O) groups excluding carboxylic acids is 1. The number of carboxylic acid groups (broad SMARTS) is 1. The van der Waals surface area contributed by atoms with Gasteiger partial charge in [0.1, 0.15) is 12.6 Å². The SMILES string of the molecule is [2H]CN(C(=O)OCC1c2ccccc2-c2ccccc21)[C@@H](Cc1ccccc1)C(=O)O. The number of fused-ring (bicyclic) bond motifs is 3. The third-order valence-corrected chi connectivity index (χ3v) is 5.50. The fourth-order valence-electron chi connectivity index (χ4n) is 3.97. The molecular weight excluding hydrogens is 378 g/mol. The van der Waals surface area contributed by atoms with Crippen molar-refractivity contribution in [3.8, 4) is 11.1 Å². The van der Waals surface area contributed by atoms with E-state index >= 15 is 0 Å². The fourth-order valence-corrected chi connectivity index (χ4v) is 3.97. The summed E-state index contributed by atoms with van der Waals surface area (Å²) in [4.78, 5) is 25.6. The molecule has 1 amide bonds. The van der Waals surface area contributed by atoms with Gasteiger partial charge in [0.2, 0.25) is 0 Å². The second-order valence-corrected chi connectivity index (χ2v) is 7.32. The van der Waals surface area contributed by atoms with Gasteiger partial charge in [-0.1, -0.05) is 78.9 Å². The number of amides is 1. The Balaban J connectivity index is 1.51. The summed E-state index contributed by atoms with van der Waals surface area (Å²) in [5.74, 6) is -1.29. The second-order valence-electron chi connectivity index (χ2n) is 7.32. The smallest absolute Gasteiger partial charge is 0.410 e. The number of aliphatic carboxylic acids is 1. The van der Waals surface area contributed by atoms with Gasteiger partial charge in [-0.3, -0.25) is 4.90 Å². The van der Waals surface area contributed by atoms with Crippen LogP contribution in [0.2, 0.25) is 0 Å². The lowest BCUT2D eigenvalue weighted by Crippen LogP contribution is -2.44. The fraction of sp³-hybridized carbons (Fsp3) is 0.200. The summed E-state index contributed by atoms with van der Waals surface area (Å²) in [6.45, 7) is 0.0844. The number of benzene rings is 3. The van der Waals surface area contributed by atoms with Crippen molar-refractivity contribution in [3.63, 3.8) is 0 Å². The summed E-state index contributed by atoms with van der Waals surface area (Å²) in [5, 5.41) is 9.69. The summed E-state index contributed by atoms with van der Waals surface area (Å²) in [6, 6.07) is 23.9. The van der Waals surface area contributed by atoms with Crippen LogP contribution in [-0.4, -0.2) is 41.7 Å². The van der Waals surface area contributed by atoms with Crippen LogP contribution in [0.15, 0.2) is 78.9 Å². The van der Waals surface area contributed by atoms with Crippen molar-refractivity contribution in [1.29, 1.82) is 0 Å². The zero-order chi connectivity index (χ0) is 21.8. The Bertz CT molecular complexity index is 1040. The van der Waals surface area contributed by atoms with Gasteiger partial charge in [-0.15, -0.1) is 0 Å². The monoisotopic (exact) mass is 402 g/mol. The summed E-state index contributed by atoms with van der Waals surface area (Å²) in [7, 11) is -0.500. The van der Waals surface area contributed by atoms with Crippen LogP contribution in [0, 0.1) is 0 Å². The number of rotatable bonds is 6. The van der Waals surface area contributed by atoms with Gasteiger partial charge in [-0.25, -0.2) is 9.59 Å². The number of ether oxygens (including phenoxy) is 1. The zero-order valence-electron chi connectivity index (χ0n) is 17.4. The maximum absolute atomic E-state index is 12.8. The molecule has 1 aliphatic carbocycles. The van der Waals surface area contributed by atoms with Crippen molar-refractivity contribution in [2.75, 3.05) is 13.6 Å². The molecule has 3 aromatic carbocycles. The Morgan fingerprint density at radius 2 is 1.53 bits per heavy atom. The second kappa shape index (κ2) is 8.41. The normalized spacial score (nSPS) is 13.7. The molecule has 0 aromatic heterocycles. The van der Waals surface area contributed by atoms with Crippen LogP contribution < -0.4 is 0 Å². The van der Waals surface area contributed by atoms with Gasteiger partial charge in [-0.2, -0.15) is 0 Å². The third-order valence-electron chi connectivity index (χ3n) is 5.50. The molecule has 1 aliphatic rings. The number of carbonyl (C=O) groups is 2. The minimum atomic E-state index is -1.17. The maximum atomic E-state index is 12.8. The van der Waals surface area contributed by atoms with Gasteiger partial charge < -0.3 is 9.84 Å². The lowest BCUT2D eigenvalue weighted by atomic mass is 9.98. The number of likely N-dealkylation sites (N-methyl/N-ethyl adjacent to an activating group) is 1. The van der Waals surface area contributed by atoms with E-state index in [9.17, 15) is 14.7 Å². The van der Waals surface area contributed by atoms with Crippen molar-refractivity contribution in [2.24, 2.45) is 0 Å². The summed E-state index contributed by atoms with van der Waals surface area (Å²) < 4.78 is 13.3. The molecule has 0 unspecified atom stereocenters. The highest BCUT2D eigenvalue weighted by atomic mass is 16.6. The molecule has 4 rings (SSSR count). The van der Waals surface area contributed by atoms with Crippen molar-refractivity contribution < 1.29 is 20.8 Å². The van der Waals surface area contributed by atoms with Crippen LogP contribution in [-0.2, 0) is 16.0 Å². The molecule has 0 saturated carbocycles. The van der Waals surface area contributed by atoms with Gasteiger partial charge in [-0.05, 0) is 27.8 Å². The van der Waals surface area contributed by atoms with E-state index in [1.165, 1.54) is 0 Å². The average molecular weight is 402 g/mol. The predicted octanol–water partition coefficient (Wildman–Crippen LogP) is 4.56. The van der Waals surface area contributed by atoms with Crippen molar-refractivity contribution in [3.05, 3.63) is 95.6 Å². The molecule has 0 aliphatic heterocycles. The van der Waals surface area contributed by atoms with Gasteiger partial charge >= 0.3 is 12.1 Å². The lowest BCUT2D eigenvalue weighted by molar-refractivity contribution is -0.142. The largest absolute Gasteiger partial charge is 0.480 e. The Morgan fingerprint density at radius 3 is 2.10 bits per heavy atom. The van der Waals surface area contributed by atoms with Crippen LogP contribution in [0.25, 0.3) is 11.1 Å². The summed E-state index contributed by atoms with van der Waals surface area (Å²) in [5.41, 5.74) is 5.16.